The number of carbonyl (C=O) groups is 2. The summed E-state index contributed by atoms with van der Waals surface area (Å²) in [6, 6.07) is 12.0. The molecule has 0 aromatic heterocycles. The van der Waals surface area contributed by atoms with Gasteiger partial charge >= 0.3 is 0 Å². The number of nitrogens with one attached hydrogen (secondary N) is 3. The standard InChI is InChI=1S/C21H27N3O2/c1-5-17-6-8-18(9-7-17)22-12-19(25)23-13-20(26)24-21-15(3)10-14(2)11-16(21)4/h6-11,22H,5,12-13H2,1-4H3,(H,23,25)(H,24,26). The van der Waals surface area contributed by atoms with Gasteiger partial charge in [0.15, 0.2) is 0 Å². The van der Waals surface area contributed by atoms with Gasteiger partial charge in [-0.15, -0.1) is 0 Å². The maximum Gasteiger partial charge on any atom is 0.243 e. The zero-order valence-electron chi connectivity index (χ0n) is 15.9. The van der Waals surface area contributed by atoms with Crippen LogP contribution in [0.1, 0.15) is 29.2 Å². The number of rotatable bonds is 7. The Hall–Kier alpha value is -2.82. The third kappa shape index (κ3) is 5.62. The molecule has 0 aliphatic carbocycles. The van der Waals surface area contributed by atoms with E-state index < -0.39 is 0 Å². The molecule has 0 spiro atoms. The van der Waals surface area contributed by atoms with Gasteiger partial charge in [-0.1, -0.05) is 36.8 Å². The highest BCUT2D eigenvalue weighted by molar-refractivity contribution is 5.96. The number of hydrogen-bond acceptors (Lipinski definition) is 3. The van der Waals surface area contributed by atoms with E-state index in [9.17, 15) is 9.59 Å². The average Bonchev–Trinajstić information content (AvgIpc) is 2.61. The maximum atomic E-state index is 12.1. The quantitative estimate of drug-likeness (QED) is 0.715. The summed E-state index contributed by atoms with van der Waals surface area (Å²) in [6.07, 6.45) is 0.982. The molecule has 2 aromatic rings. The minimum atomic E-state index is -0.235. The van der Waals surface area contributed by atoms with Crippen molar-refractivity contribution in [2.75, 3.05) is 23.7 Å². The van der Waals surface area contributed by atoms with Crippen molar-refractivity contribution in [1.29, 1.82) is 0 Å². The molecule has 0 saturated heterocycles. The van der Waals surface area contributed by atoms with E-state index in [1.807, 2.05) is 57.2 Å². The van der Waals surface area contributed by atoms with Crippen LogP contribution in [0.5, 0.6) is 0 Å². The van der Waals surface area contributed by atoms with Crippen LogP contribution in [0, 0.1) is 20.8 Å². The largest absolute Gasteiger partial charge is 0.376 e. The van der Waals surface area contributed by atoms with Crippen LogP contribution in [0.4, 0.5) is 11.4 Å². The molecular weight excluding hydrogens is 326 g/mol. The van der Waals surface area contributed by atoms with Crippen LogP contribution in [0.3, 0.4) is 0 Å². The van der Waals surface area contributed by atoms with E-state index in [-0.39, 0.29) is 24.9 Å². The van der Waals surface area contributed by atoms with E-state index in [4.69, 9.17) is 0 Å². The smallest absolute Gasteiger partial charge is 0.243 e. The molecule has 0 saturated carbocycles. The third-order valence-corrected chi connectivity index (χ3v) is 4.20. The monoisotopic (exact) mass is 353 g/mol. The van der Waals surface area contributed by atoms with Crippen LogP contribution in [-0.4, -0.2) is 24.9 Å². The predicted octanol–water partition coefficient (Wildman–Crippen LogP) is 3.34. The summed E-state index contributed by atoms with van der Waals surface area (Å²) >= 11 is 0. The molecule has 3 N–H and O–H groups in total. The first-order chi connectivity index (χ1) is 12.4. The number of hydrogen-bond donors (Lipinski definition) is 3. The first-order valence-corrected chi connectivity index (χ1v) is 8.86. The van der Waals surface area contributed by atoms with Gasteiger partial charge in [0.25, 0.3) is 0 Å². The van der Waals surface area contributed by atoms with E-state index in [1.165, 1.54) is 5.56 Å². The lowest BCUT2D eigenvalue weighted by molar-refractivity contribution is -0.122. The topological polar surface area (TPSA) is 70.2 Å². The molecule has 0 aliphatic rings. The lowest BCUT2D eigenvalue weighted by Gasteiger charge is -2.13. The fourth-order valence-corrected chi connectivity index (χ4v) is 2.84. The zero-order chi connectivity index (χ0) is 19.1. The Morgan fingerprint density at radius 3 is 2.08 bits per heavy atom. The summed E-state index contributed by atoms with van der Waals surface area (Å²) in [6.45, 7) is 8.11. The number of anilines is 2. The van der Waals surface area contributed by atoms with Gasteiger partial charge < -0.3 is 16.0 Å². The number of benzene rings is 2. The van der Waals surface area contributed by atoms with Crippen LogP contribution in [0.2, 0.25) is 0 Å². The highest BCUT2D eigenvalue weighted by atomic mass is 16.2. The van der Waals surface area contributed by atoms with Crippen LogP contribution in [0.15, 0.2) is 36.4 Å². The Bertz CT molecular complexity index is 759. The second-order valence-corrected chi connectivity index (χ2v) is 6.50. The predicted molar refractivity (Wildman–Crippen MR) is 107 cm³/mol. The molecular formula is C21H27N3O2. The molecule has 5 heteroatoms. The molecule has 2 aromatic carbocycles. The fourth-order valence-electron chi connectivity index (χ4n) is 2.84. The summed E-state index contributed by atoms with van der Waals surface area (Å²) in [5.74, 6) is -0.460. The second-order valence-electron chi connectivity index (χ2n) is 6.50. The Morgan fingerprint density at radius 2 is 1.50 bits per heavy atom. The van der Waals surface area contributed by atoms with Gasteiger partial charge in [-0.2, -0.15) is 0 Å². The van der Waals surface area contributed by atoms with Crippen LogP contribution in [-0.2, 0) is 16.0 Å². The normalized spacial score (nSPS) is 10.3. The molecule has 26 heavy (non-hydrogen) atoms. The molecule has 0 radical (unpaired) electrons. The summed E-state index contributed by atoms with van der Waals surface area (Å²) < 4.78 is 0. The molecule has 0 fully saturated rings. The van der Waals surface area contributed by atoms with Crippen molar-refractivity contribution in [3.05, 3.63) is 58.7 Å². The van der Waals surface area contributed by atoms with Crippen molar-refractivity contribution in [3.8, 4) is 0 Å². The summed E-state index contributed by atoms with van der Waals surface area (Å²) in [5.41, 5.74) is 6.12. The zero-order valence-corrected chi connectivity index (χ0v) is 15.9. The third-order valence-electron chi connectivity index (χ3n) is 4.20. The van der Waals surface area contributed by atoms with E-state index in [0.29, 0.717) is 0 Å². The van der Waals surface area contributed by atoms with E-state index >= 15 is 0 Å². The maximum absolute atomic E-state index is 12.1. The molecule has 0 unspecified atom stereocenters. The van der Waals surface area contributed by atoms with Gasteiger partial charge in [-0.05, 0) is 56.0 Å². The second kappa shape index (κ2) is 9.04. The lowest BCUT2D eigenvalue weighted by Crippen LogP contribution is -2.36. The van der Waals surface area contributed by atoms with Crippen molar-refractivity contribution >= 4 is 23.2 Å². The van der Waals surface area contributed by atoms with Crippen molar-refractivity contribution in [3.63, 3.8) is 0 Å². The van der Waals surface area contributed by atoms with E-state index in [2.05, 4.69) is 22.9 Å². The highest BCUT2D eigenvalue weighted by Gasteiger charge is 2.09. The van der Waals surface area contributed by atoms with Gasteiger partial charge in [0.1, 0.15) is 0 Å². The minimum absolute atomic E-state index is 0.0535. The molecule has 0 atom stereocenters. The molecule has 0 aliphatic heterocycles. The van der Waals surface area contributed by atoms with Crippen LogP contribution < -0.4 is 16.0 Å². The summed E-state index contributed by atoms with van der Waals surface area (Å²) in [7, 11) is 0. The number of aryl methyl sites for hydroxylation is 4. The van der Waals surface area contributed by atoms with Crippen molar-refractivity contribution in [2.24, 2.45) is 0 Å². The van der Waals surface area contributed by atoms with E-state index in [0.717, 1.165) is 34.5 Å². The molecule has 5 nitrogen and oxygen atoms in total. The van der Waals surface area contributed by atoms with Gasteiger partial charge in [0, 0.05) is 11.4 Å². The molecule has 2 amide bonds. The minimum Gasteiger partial charge on any atom is -0.376 e. The summed E-state index contributed by atoms with van der Waals surface area (Å²) in [4.78, 5) is 24.0. The van der Waals surface area contributed by atoms with Crippen molar-refractivity contribution < 1.29 is 9.59 Å². The van der Waals surface area contributed by atoms with Crippen molar-refractivity contribution in [2.45, 2.75) is 34.1 Å². The average molecular weight is 353 g/mol. The Labute approximate surface area is 155 Å². The molecule has 0 bridgehead atoms. The Kier molecular flexibility index (Phi) is 6.78. The van der Waals surface area contributed by atoms with Crippen molar-refractivity contribution in [1.82, 2.24) is 5.32 Å². The van der Waals surface area contributed by atoms with Gasteiger partial charge in [-0.25, -0.2) is 0 Å². The molecule has 2 rings (SSSR count). The Morgan fingerprint density at radius 1 is 0.885 bits per heavy atom. The molecule has 0 heterocycles. The lowest BCUT2D eigenvalue weighted by atomic mass is 10.1. The van der Waals surface area contributed by atoms with Crippen LogP contribution in [0.25, 0.3) is 0 Å². The number of carbonyl (C=O) groups excluding carboxylic acids is 2. The van der Waals surface area contributed by atoms with E-state index in [1.54, 1.807) is 0 Å². The molecule has 138 valence electrons. The highest BCUT2D eigenvalue weighted by Crippen LogP contribution is 2.21. The van der Waals surface area contributed by atoms with Gasteiger partial charge in [0.2, 0.25) is 11.8 Å². The summed E-state index contributed by atoms with van der Waals surface area (Å²) in [5, 5.41) is 8.56. The SMILES string of the molecule is CCc1ccc(NCC(=O)NCC(=O)Nc2c(C)cc(C)cc2C)cc1. The number of amides is 2. The van der Waals surface area contributed by atoms with Gasteiger partial charge in [-0.3, -0.25) is 9.59 Å². The van der Waals surface area contributed by atoms with Crippen LogP contribution >= 0.6 is 0 Å². The first kappa shape index (κ1) is 19.5. The van der Waals surface area contributed by atoms with Gasteiger partial charge in [0.05, 0.1) is 13.1 Å². The fraction of sp³-hybridized carbons (Fsp3) is 0.333. The Balaban J connectivity index is 1.78. The first-order valence-electron chi connectivity index (χ1n) is 8.86.